The highest BCUT2D eigenvalue weighted by Crippen LogP contribution is 2.25. The van der Waals surface area contributed by atoms with Crippen molar-refractivity contribution in [3.8, 4) is 0 Å². The Balaban J connectivity index is 2.17. The van der Waals surface area contributed by atoms with Crippen molar-refractivity contribution >= 4 is 23.2 Å². The number of nitrogens with one attached hydrogen (secondary N) is 1. The average molecular weight is 283 g/mol. The molecule has 0 radical (unpaired) electrons. The first-order chi connectivity index (χ1) is 8.99. The minimum absolute atomic E-state index is 0.0755. The first-order valence-corrected chi connectivity index (χ1v) is 5.86. The molecule has 7 heteroatoms. The van der Waals surface area contributed by atoms with Crippen molar-refractivity contribution in [2.75, 3.05) is 5.32 Å². The topological polar surface area (TPSA) is 72.9 Å². The number of hydrogen-bond acceptors (Lipinski definition) is 3. The lowest BCUT2D eigenvalue weighted by Gasteiger charge is -2.12. The number of hydrogen-bond donors (Lipinski definition) is 2. The van der Waals surface area contributed by atoms with E-state index in [9.17, 15) is 9.18 Å². The fourth-order valence-corrected chi connectivity index (χ4v) is 1.78. The third-order valence-electron chi connectivity index (χ3n) is 2.58. The second-order valence-corrected chi connectivity index (χ2v) is 4.42. The fraction of sp³-hybridized carbons (Fsp3) is 0.167. The van der Waals surface area contributed by atoms with Gasteiger partial charge in [-0.25, -0.2) is 4.39 Å². The summed E-state index contributed by atoms with van der Waals surface area (Å²) in [6.45, 7) is 0. The van der Waals surface area contributed by atoms with Gasteiger partial charge in [0.15, 0.2) is 0 Å². The third-order valence-corrected chi connectivity index (χ3v) is 2.89. The molecule has 1 aromatic carbocycles. The second kappa shape index (κ2) is 5.38. The van der Waals surface area contributed by atoms with Crippen LogP contribution >= 0.6 is 11.6 Å². The molecule has 100 valence electrons. The van der Waals surface area contributed by atoms with Gasteiger partial charge in [0.2, 0.25) is 5.91 Å². The maximum atomic E-state index is 13.5. The number of benzene rings is 1. The third kappa shape index (κ3) is 2.91. The Morgan fingerprint density at radius 3 is 2.89 bits per heavy atom. The van der Waals surface area contributed by atoms with E-state index in [-0.39, 0.29) is 10.7 Å². The van der Waals surface area contributed by atoms with Crippen LogP contribution in [0.25, 0.3) is 0 Å². The summed E-state index contributed by atoms with van der Waals surface area (Å²) in [6.07, 6.45) is 3.10. The molecule has 0 fully saturated rings. The number of aromatic nitrogens is 2. The quantitative estimate of drug-likeness (QED) is 0.902. The van der Waals surface area contributed by atoms with Crippen LogP contribution < -0.4 is 11.1 Å². The van der Waals surface area contributed by atoms with Crippen molar-refractivity contribution in [3.63, 3.8) is 0 Å². The summed E-state index contributed by atoms with van der Waals surface area (Å²) in [5.41, 5.74) is 6.23. The molecule has 0 spiro atoms. The molecular weight excluding hydrogens is 271 g/mol. The Labute approximate surface area is 114 Å². The fourth-order valence-electron chi connectivity index (χ4n) is 1.57. The largest absolute Gasteiger partial charge is 0.321 e. The molecule has 1 aromatic heterocycles. The first kappa shape index (κ1) is 13.5. The van der Waals surface area contributed by atoms with Crippen molar-refractivity contribution in [2.24, 2.45) is 12.8 Å². The van der Waals surface area contributed by atoms with E-state index in [0.29, 0.717) is 5.56 Å². The number of nitrogens with zero attached hydrogens (tertiary/aromatic N) is 2. The lowest BCUT2D eigenvalue weighted by Crippen LogP contribution is -2.28. The number of amides is 1. The maximum Gasteiger partial charge on any atom is 0.246 e. The molecule has 19 heavy (non-hydrogen) atoms. The zero-order valence-electron chi connectivity index (χ0n) is 10.1. The molecule has 0 aliphatic heterocycles. The number of aryl methyl sites for hydroxylation is 1. The molecule has 0 aliphatic carbocycles. The normalized spacial score (nSPS) is 12.2. The summed E-state index contributed by atoms with van der Waals surface area (Å²) in [6, 6.07) is 3.20. The highest BCUT2D eigenvalue weighted by Gasteiger charge is 2.19. The van der Waals surface area contributed by atoms with Crippen LogP contribution in [0.2, 0.25) is 5.02 Å². The monoisotopic (exact) mass is 282 g/mol. The summed E-state index contributed by atoms with van der Waals surface area (Å²) in [5, 5.41) is 6.41. The maximum absolute atomic E-state index is 13.5. The summed E-state index contributed by atoms with van der Waals surface area (Å²) in [4.78, 5) is 11.9. The van der Waals surface area contributed by atoms with E-state index in [1.165, 1.54) is 29.1 Å². The van der Waals surface area contributed by atoms with Crippen molar-refractivity contribution in [3.05, 3.63) is 47.0 Å². The van der Waals surface area contributed by atoms with Gasteiger partial charge < -0.3 is 11.1 Å². The van der Waals surface area contributed by atoms with Crippen LogP contribution in [0.5, 0.6) is 0 Å². The number of carbonyl (C=O) groups excluding carboxylic acids is 1. The summed E-state index contributed by atoms with van der Waals surface area (Å²) < 4.78 is 15.1. The van der Waals surface area contributed by atoms with Crippen molar-refractivity contribution < 1.29 is 9.18 Å². The summed E-state index contributed by atoms with van der Waals surface area (Å²) in [5.74, 6) is -1.17. The van der Waals surface area contributed by atoms with Gasteiger partial charge in [0.1, 0.15) is 11.9 Å². The van der Waals surface area contributed by atoms with Gasteiger partial charge in [-0.3, -0.25) is 9.48 Å². The minimum atomic E-state index is -0.940. The minimum Gasteiger partial charge on any atom is -0.321 e. The Morgan fingerprint density at radius 2 is 2.32 bits per heavy atom. The van der Waals surface area contributed by atoms with E-state index in [1.54, 1.807) is 13.2 Å². The van der Waals surface area contributed by atoms with E-state index in [0.717, 1.165) is 0 Å². The standard InChI is InChI=1S/C12H12ClFN4O/c1-18-6-7(5-16-18)10(15)12(19)17-11-8(13)3-2-4-9(11)14/h2-6,10H,15H2,1H3,(H,17,19). The van der Waals surface area contributed by atoms with Crippen LogP contribution in [0.1, 0.15) is 11.6 Å². The molecule has 1 amide bonds. The Bertz CT molecular complexity index is 593. The van der Waals surface area contributed by atoms with Crippen molar-refractivity contribution in [2.45, 2.75) is 6.04 Å². The van der Waals surface area contributed by atoms with Gasteiger partial charge in [-0.05, 0) is 12.1 Å². The van der Waals surface area contributed by atoms with Gasteiger partial charge in [-0.2, -0.15) is 5.10 Å². The van der Waals surface area contributed by atoms with Gasteiger partial charge in [-0.1, -0.05) is 17.7 Å². The lowest BCUT2D eigenvalue weighted by molar-refractivity contribution is -0.117. The molecule has 1 heterocycles. The predicted octanol–water partition coefficient (Wildman–Crippen LogP) is 1.85. The van der Waals surface area contributed by atoms with E-state index < -0.39 is 17.8 Å². The predicted molar refractivity (Wildman–Crippen MR) is 70.2 cm³/mol. The van der Waals surface area contributed by atoms with E-state index in [4.69, 9.17) is 17.3 Å². The molecule has 2 aromatic rings. The number of para-hydroxylation sites is 1. The van der Waals surface area contributed by atoms with Crippen molar-refractivity contribution in [1.29, 1.82) is 0 Å². The zero-order chi connectivity index (χ0) is 14.0. The second-order valence-electron chi connectivity index (χ2n) is 4.01. The number of rotatable bonds is 3. The van der Waals surface area contributed by atoms with Crippen LogP contribution in [0.3, 0.4) is 0 Å². The van der Waals surface area contributed by atoms with Crippen LogP contribution in [-0.2, 0) is 11.8 Å². The molecule has 0 saturated heterocycles. The molecule has 5 nitrogen and oxygen atoms in total. The number of nitrogens with two attached hydrogens (primary N) is 1. The molecule has 1 unspecified atom stereocenters. The summed E-state index contributed by atoms with van der Waals surface area (Å²) >= 11 is 5.82. The van der Waals surface area contributed by atoms with E-state index in [2.05, 4.69) is 10.4 Å². The first-order valence-electron chi connectivity index (χ1n) is 5.48. The van der Waals surface area contributed by atoms with E-state index in [1.807, 2.05) is 0 Å². The molecule has 0 aliphatic rings. The number of anilines is 1. The van der Waals surface area contributed by atoms with Gasteiger partial charge >= 0.3 is 0 Å². The molecule has 0 saturated carbocycles. The van der Waals surface area contributed by atoms with Gasteiger partial charge in [0.25, 0.3) is 0 Å². The molecule has 0 bridgehead atoms. The number of halogens is 2. The number of carbonyl (C=O) groups is 1. The van der Waals surface area contributed by atoms with Crippen LogP contribution in [0, 0.1) is 5.82 Å². The van der Waals surface area contributed by atoms with Crippen LogP contribution in [0.15, 0.2) is 30.6 Å². The molecule has 3 N–H and O–H groups in total. The van der Waals surface area contributed by atoms with Gasteiger partial charge in [0.05, 0.1) is 16.9 Å². The molecule has 2 rings (SSSR count). The average Bonchev–Trinajstić information content (AvgIpc) is 2.79. The van der Waals surface area contributed by atoms with Crippen LogP contribution in [0.4, 0.5) is 10.1 Å². The van der Waals surface area contributed by atoms with Gasteiger partial charge in [-0.15, -0.1) is 0 Å². The van der Waals surface area contributed by atoms with Crippen molar-refractivity contribution in [1.82, 2.24) is 9.78 Å². The highest BCUT2D eigenvalue weighted by atomic mass is 35.5. The van der Waals surface area contributed by atoms with E-state index >= 15 is 0 Å². The highest BCUT2D eigenvalue weighted by molar-refractivity contribution is 6.33. The SMILES string of the molecule is Cn1cc(C(N)C(=O)Nc2c(F)cccc2Cl)cn1. The van der Waals surface area contributed by atoms with Crippen LogP contribution in [-0.4, -0.2) is 15.7 Å². The zero-order valence-corrected chi connectivity index (χ0v) is 10.9. The lowest BCUT2D eigenvalue weighted by atomic mass is 10.1. The Morgan fingerprint density at radius 1 is 1.58 bits per heavy atom. The Kier molecular flexibility index (Phi) is 3.82. The summed E-state index contributed by atoms with van der Waals surface area (Å²) in [7, 11) is 1.71. The molecule has 1 atom stereocenters. The smallest absolute Gasteiger partial charge is 0.246 e. The van der Waals surface area contributed by atoms with Gasteiger partial charge in [0, 0.05) is 18.8 Å². The molecular formula is C12H12ClFN4O. The Hall–Kier alpha value is -1.92.